The molecule has 113 valence electrons. The molecule has 0 unspecified atom stereocenters. The zero-order valence-electron chi connectivity index (χ0n) is 12.5. The minimum Gasteiger partial charge on any atom is -0.288 e. The first-order chi connectivity index (χ1) is 11.3. The number of fused-ring (bicyclic) bond motifs is 1. The molecule has 0 aliphatic carbocycles. The van der Waals surface area contributed by atoms with Crippen LogP contribution in [0.4, 0.5) is 11.4 Å². The average molecular weight is 303 g/mol. The number of carbonyl (C=O) groups excluding carboxylic acids is 2. The predicted octanol–water partition coefficient (Wildman–Crippen LogP) is 2.98. The van der Waals surface area contributed by atoms with Crippen LogP contribution in [0.1, 0.15) is 18.4 Å². The third-order valence-corrected chi connectivity index (χ3v) is 4.30. The summed E-state index contributed by atoms with van der Waals surface area (Å²) in [5, 5.41) is 0. The summed E-state index contributed by atoms with van der Waals surface area (Å²) in [6, 6.07) is 18.2. The van der Waals surface area contributed by atoms with Gasteiger partial charge in [-0.05, 0) is 30.5 Å². The van der Waals surface area contributed by atoms with Crippen molar-refractivity contribution in [1.82, 2.24) is 4.90 Å². The van der Waals surface area contributed by atoms with Crippen LogP contribution in [0, 0.1) is 12.1 Å². The van der Waals surface area contributed by atoms with Gasteiger partial charge in [0, 0.05) is 6.54 Å². The Labute approximate surface area is 135 Å². The molecule has 0 spiro atoms. The van der Waals surface area contributed by atoms with Crippen molar-refractivity contribution in [2.45, 2.75) is 12.8 Å². The van der Waals surface area contributed by atoms with Crippen LogP contribution in [0.5, 0.6) is 0 Å². The Bertz CT molecular complexity index is 721. The highest BCUT2D eigenvalue weighted by Crippen LogP contribution is 2.50. The molecule has 2 aliphatic heterocycles. The number of rotatable bonds is 4. The fourth-order valence-corrected chi connectivity index (χ4v) is 3.16. The second-order valence-corrected chi connectivity index (χ2v) is 5.65. The number of hydrogen-bond donors (Lipinski definition) is 0. The minimum absolute atomic E-state index is 0.0348. The summed E-state index contributed by atoms with van der Waals surface area (Å²) < 4.78 is 0. The maximum atomic E-state index is 12.8. The van der Waals surface area contributed by atoms with Crippen molar-refractivity contribution in [3.8, 4) is 0 Å². The zero-order chi connectivity index (χ0) is 15.8. The van der Waals surface area contributed by atoms with Gasteiger partial charge in [-0.15, -0.1) is 0 Å². The van der Waals surface area contributed by atoms with Crippen LogP contribution in [-0.2, 0) is 9.59 Å². The van der Waals surface area contributed by atoms with Gasteiger partial charge < -0.3 is 0 Å². The van der Waals surface area contributed by atoms with Crippen LogP contribution in [0.3, 0.4) is 0 Å². The molecule has 4 nitrogen and oxygen atoms in total. The van der Waals surface area contributed by atoms with E-state index in [0.717, 1.165) is 23.4 Å². The topological polar surface area (TPSA) is 40.4 Å². The number of nitrogens with zero attached hydrogens (tertiary/aromatic N) is 2. The summed E-state index contributed by atoms with van der Waals surface area (Å²) in [5.41, 5.74) is 2.69. The van der Waals surface area contributed by atoms with E-state index in [4.69, 9.17) is 0 Å². The normalized spacial score (nSPS) is 17.3. The lowest BCUT2D eigenvalue weighted by atomic mass is 10.1. The standard InChI is InChI=1S/C19H15N2O2/c22-13-18(14-7-2-1-3-8-14)20-12-6-11-17(20)19(23)21-15-9-4-5-10-16(15)21/h1-5,7-10H,6,11-12H2. The first kappa shape index (κ1) is 14.2. The molecule has 1 fully saturated rings. The summed E-state index contributed by atoms with van der Waals surface area (Å²) in [6.45, 7) is 0.671. The lowest BCUT2D eigenvalue weighted by Crippen LogP contribution is -2.37. The molecule has 2 heterocycles. The monoisotopic (exact) mass is 303 g/mol. The summed E-state index contributed by atoms with van der Waals surface area (Å²) in [5.74, 6) is -0.0348. The van der Waals surface area contributed by atoms with E-state index >= 15 is 0 Å². The number of benzene rings is 2. The SMILES string of the molecule is O=[C][C](c1ccccc1)N1CCC[C]1C(=O)N1c2ccccc21. The minimum atomic E-state index is -0.0348. The van der Waals surface area contributed by atoms with Crippen LogP contribution in [0.25, 0.3) is 0 Å². The number of likely N-dealkylation sites (tertiary alicyclic amines) is 1. The maximum absolute atomic E-state index is 12.8. The van der Waals surface area contributed by atoms with Crippen molar-refractivity contribution >= 4 is 23.6 Å². The molecule has 2 aliphatic rings. The molecule has 2 aromatic carbocycles. The first-order valence-corrected chi connectivity index (χ1v) is 7.68. The molecular weight excluding hydrogens is 288 g/mol. The fourth-order valence-electron chi connectivity index (χ4n) is 3.16. The number of hydrogen-bond acceptors (Lipinski definition) is 3. The quantitative estimate of drug-likeness (QED) is 0.815. The summed E-state index contributed by atoms with van der Waals surface area (Å²) in [7, 11) is 0. The van der Waals surface area contributed by atoms with Gasteiger partial charge in [0.05, 0.1) is 11.4 Å². The Hall–Kier alpha value is -2.46. The van der Waals surface area contributed by atoms with Crippen molar-refractivity contribution in [3.63, 3.8) is 0 Å². The number of anilines is 2. The highest BCUT2D eigenvalue weighted by molar-refractivity contribution is 6.20. The third-order valence-electron chi connectivity index (χ3n) is 4.30. The molecular formula is C19H15N2O2. The molecule has 1 saturated heterocycles. The molecule has 4 rings (SSSR count). The van der Waals surface area contributed by atoms with Crippen molar-refractivity contribution < 1.29 is 9.59 Å². The van der Waals surface area contributed by atoms with Gasteiger partial charge in [0.15, 0.2) is 0 Å². The lowest BCUT2D eigenvalue weighted by Gasteiger charge is -2.27. The average Bonchev–Trinajstić information content (AvgIpc) is 3.14. The molecule has 0 N–H and O–H groups in total. The van der Waals surface area contributed by atoms with Crippen LogP contribution in [-0.4, -0.2) is 23.6 Å². The predicted molar refractivity (Wildman–Crippen MR) is 87.3 cm³/mol. The second-order valence-electron chi connectivity index (χ2n) is 5.65. The van der Waals surface area contributed by atoms with Gasteiger partial charge in [-0.25, -0.2) is 0 Å². The van der Waals surface area contributed by atoms with Gasteiger partial charge in [-0.2, -0.15) is 0 Å². The highest BCUT2D eigenvalue weighted by atomic mass is 16.2. The number of amides is 1. The molecule has 0 saturated carbocycles. The summed E-state index contributed by atoms with van der Waals surface area (Å²) >= 11 is 0. The number of carbonyl (C=O) groups is 1. The van der Waals surface area contributed by atoms with Gasteiger partial charge in [-0.3, -0.25) is 19.4 Å². The number of para-hydroxylation sites is 2. The van der Waals surface area contributed by atoms with Crippen molar-refractivity contribution in [3.05, 3.63) is 72.2 Å². The van der Waals surface area contributed by atoms with E-state index in [1.54, 1.807) is 4.90 Å². The molecule has 2 aromatic rings. The molecule has 1 amide bonds. The second kappa shape index (κ2) is 5.63. The van der Waals surface area contributed by atoms with Crippen LogP contribution in [0.15, 0.2) is 54.6 Å². The Morgan fingerprint density at radius 3 is 2.26 bits per heavy atom. The smallest absolute Gasteiger partial charge is 0.254 e. The maximum Gasteiger partial charge on any atom is 0.254 e. The van der Waals surface area contributed by atoms with E-state index < -0.39 is 0 Å². The summed E-state index contributed by atoms with van der Waals surface area (Å²) in [6.07, 6.45) is 3.57. The molecule has 0 bridgehead atoms. The molecule has 0 atom stereocenters. The van der Waals surface area contributed by atoms with E-state index in [1.165, 1.54) is 0 Å². The van der Waals surface area contributed by atoms with Crippen molar-refractivity contribution in [2.24, 2.45) is 0 Å². The Morgan fingerprint density at radius 2 is 1.61 bits per heavy atom. The van der Waals surface area contributed by atoms with Crippen molar-refractivity contribution in [2.75, 3.05) is 11.4 Å². The largest absolute Gasteiger partial charge is 0.288 e. The van der Waals surface area contributed by atoms with E-state index in [9.17, 15) is 9.59 Å². The molecule has 3 radical (unpaired) electrons. The van der Waals surface area contributed by atoms with Crippen LogP contribution >= 0.6 is 0 Å². The van der Waals surface area contributed by atoms with Gasteiger partial charge in [-0.1, -0.05) is 42.5 Å². The summed E-state index contributed by atoms with van der Waals surface area (Å²) in [4.78, 5) is 27.9. The first-order valence-electron chi connectivity index (χ1n) is 7.68. The Kier molecular flexibility index (Phi) is 3.46. The van der Waals surface area contributed by atoms with Gasteiger partial charge >= 0.3 is 0 Å². The lowest BCUT2D eigenvalue weighted by molar-refractivity contribution is -0.117. The Balaban J connectivity index is 1.57. The van der Waals surface area contributed by atoms with Crippen molar-refractivity contribution in [1.29, 1.82) is 0 Å². The Morgan fingerprint density at radius 1 is 0.957 bits per heavy atom. The van der Waals surface area contributed by atoms with E-state index in [0.29, 0.717) is 25.0 Å². The van der Waals surface area contributed by atoms with Crippen LogP contribution < -0.4 is 4.90 Å². The molecule has 4 heteroatoms. The van der Waals surface area contributed by atoms with E-state index in [2.05, 4.69) is 0 Å². The van der Waals surface area contributed by atoms with Crippen LogP contribution in [0.2, 0.25) is 0 Å². The van der Waals surface area contributed by atoms with Gasteiger partial charge in [0.2, 0.25) is 6.29 Å². The third kappa shape index (κ3) is 2.35. The molecule has 23 heavy (non-hydrogen) atoms. The molecule has 0 aromatic heterocycles. The zero-order valence-corrected chi connectivity index (χ0v) is 12.5. The van der Waals surface area contributed by atoms with E-state index in [1.807, 2.05) is 65.8 Å². The van der Waals surface area contributed by atoms with Gasteiger partial charge in [0.25, 0.3) is 5.91 Å². The van der Waals surface area contributed by atoms with Gasteiger partial charge in [0.1, 0.15) is 12.1 Å². The fraction of sp³-hybridized carbons (Fsp3) is 0.158. The highest BCUT2D eigenvalue weighted by Gasteiger charge is 2.45. The van der Waals surface area contributed by atoms with E-state index in [-0.39, 0.29) is 5.91 Å².